The van der Waals surface area contributed by atoms with E-state index in [9.17, 15) is 4.79 Å². The highest BCUT2D eigenvalue weighted by atomic mass is 16.5. The summed E-state index contributed by atoms with van der Waals surface area (Å²) < 4.78 is 5.29. The number of ether oxygens (including phenoxy) is 1. The molecule has 0 aromatic carbocycles. The van der Waals surface area contributed by atoms with E-state index in [0.717, 1.165) is 19.5 Å². The maximum Gasteiger partial charge on any atom is 0.241 e. The first-order valence-corrected chi connectivity index (χ1v) is 6.17. The molecular weight excluding hydrogens is 204 g/mol. The zero-order valence-corrected chi connectivity index (χ0v) is 10.7. The lowest BCUT2D eigenvalue weighted by Crippen LogP contribution is -2.51. The zero-order valence-electron chi connectivity index (χ0n) is 10.7. The van der Waals surface area contributed by atoms with Crippen LogP contribution in [0.15, 0.2) is 0 Å². The van der Waals surface area contributed by atoms with E-state index in [1.165, 1.54) is 6.42 Å². The maximum atomic E-state index is 12.0. The number of nitrogens with zero attached hydrogens (tertiary/aromatic N) is 1. The molecule has 1 N–H and O–H groups in total. The van der Waals surface area contributed by atoms with Crippen molar-refractivity contribution in [2.45, 2.75) is 32.7 Å². The van der Waals surface area contributed by atoms with Gasteiger partial charge in [-0.05, 0) is 18.8 Å². The number of amides is 1. The van der Waals surface area contributed by atoms with Gasteiger partial charge in [0.2, 0.25) is 5.91 Å². The second-order valence-electron chi connectivity index (χ2n) is 4.88. The Hall–Kier alpha value is -0.610. The largest absolute Gasteiger partial charge is 0.378 e. The van der Waals surface area contributed by atoms with Crippen molar-refractivity contribution in [3.63, 3.8) is 0 Å². The molecule has 1 heterocycles. The highest BCUT2D eigenvalue weighted by molar-refractivity contribution is 5.81. The van der Waals surface area contributed by atoms with Crippen LogP contribution < -0.4 is 5.32 Å². The molecule has 1 amide bonds. The van der Waals surface area contributed by atoms with Crippen molar-refractivity contribution in [2.75, 3.05) is 33.4 Å². The van der Waals surface area contributed by atoms with Crippen LogP contribution in [0.25, 0.3) is 0 Å². The summed E-state index contributed by atoms with van der Waals surface area (Å²) in [5.74, 6) is 0.864. The molecule has 4 heteroatoms. The smallest absolute Gasteiger partial charge is 0.241 e. The third kappa shape index (κ3) is 4.49. The minimum Gasteiger partial charge on any atom is -0.378 e. The standard InChI is InChI=1S/C12H24N2O2/c1-10(2)5-4-7-14(3)12(15)11-9-16-8-6-13-11/h10-11,13H,4-9H2,1-3H3. The monoisotopic (exact) mass is 228 g/mol. The molecule has 0 aromatic heterocycles. The van der Waals surface area contributed by atoms with E-state index in [-0.39, 0.29) is 11.9 Å². The summed E-state index contributed by atoms with van der Waals surface area (Å²) in [6, 6.07) is -0.141. The fraction of sp³-hybridized carbons (Fsp3) is 0.917. The molecule has 4 nitrogen and oxygen atoms in total. The summed E-state index contributed by atoms with van der Waals surface area (Å²) in [5, 5.41) is 3.18. The molecule has 0 spiro atoms. The fourth-order valence-corrected chi connectivity index (χ4v) is 1.84. The van der Waals surface area contributed by atoms with Crippen molar-refractivity contribution in [3.05, 3.63) is 0 Å². The van der Waals surface area contributed by atoms with E-state index >= 15 is 0 Å². The Morgan fingerprint density at radius 2 is 2.31 bits per heavy atom. The second kappa shape index (κ2) is 6.86. The SMILES string of the molecule is CC(C)CCCN(C)C(=O)C1COCCN1. The van der Waals surface area contributed by atoms with Crippen molar-refractivity contribution in [2.24, 2.45) is 5.92 Å². The summed E-state index contributed by atoms with van der Waals surface area (Å²) in [6.07, 6.45) is 2.25. The lowest BCUT2D eigenvalue weighted by molar-refractivity contribution is -0.135. The first kappa shape index (κ1) is 13.5. The fourth-order valence-electron chi connectivity index (χ4n) is 1.84. The van der Waals surface area contributed by atoms with Gasteiger partial charge in [-0.3, -0.25) is 4.79 Å². The quantitative estimate of drug-likeness (QED) is 0.759. The van der Waals surface area contributed by atoms with Crippen molar-refractivity contribution < 1.29 is 9.53 Å². The predicted octanol–water partition coefficient (Wildman–Crippen LogP) is 0.869. The summed E-state index contributed by atoms with van der Waals surface area (Å²) in [6.45, 7) is 7.25. The average Bonchev–Trinajstić information content (AvgIpc) is 2.28. The highest BCUT2D eigenvalue weighted by Gasteiger charge is 2.23. The van der Waals surface area contributed by atoms with Gasteiger partial charge in [0.05, 0.1) is 13.2 Å². The van der Waals surface area contributed by atoms with E-state index < -0.39 is 0 Å². The molecule has 16 heavy (non-hydrogen) atoms. The number of likely N-dealkylation sites (N-methyl/N-ethyl adjacent to an activating group) is 1. The van der Waals surface area contributed by atoms with Gasteiger partial charge in [0.1, 0.15) is 6.04 Å². The van der Waals surface area contributed by atoms with Crippen molar-refractivity contribution in [1.82, 2.24) is 10.2 Å². The van der Waals surface area contributed by atoms with Gasteiger partial charge in [-0.1, -0.05) is 13.8 Å². The van der Waals surface area contributed by atoms with Crippen LogP contribution in [-0.4, -0.2) is 50.2 Å². The molecule has 1 rings (SSSR count). The number of hydrogen-bond donors (Lipinski definition) is 1. The van der Waals surface area contributed by atoms with Crippen LogP contribution in [0.1, 0.15) is 26.7 Å². The van der Waals surface area contributed by atoms with Gasteiger partial charge in [-0.25, -0.2) is 0 Å². The van der Waals surface area contributed by atoms with Crippen molar-refractivity contribution >= 4 is 5.91 Å². The summed E-state index contributed by atoms with van der Waals surface area (Å²) >= 11 is 0. The Morgan fingerprint density at radius 1 is 1.56 bits per heavy atom. The highest BCUT2D eigenvalue weighted by Crippen LogP contribution is 2.05. The van der Waals surface area contributed by atoms with Crippen LogP contribution in [0.3, 0.4) is 0 Å². The molecule has 1 atom stereocenters. The molecule has 0 aromatic rings. The molecule has 0 saturated carbocycles. The average molecular weight is 228 g/mol. The van der Waals surface area contributed by atoms with Crippen molar-refractivity contribution in [1.29, 1.82) is 0 Å². The Labute approximate surface area is 98.3 Å². The number of carbonyl (C=O) groups excluding carboxylic acids is 1. The summed E-state index contributed by atoms with van der Waals surface area (Å²) in [4.78, 5) is 13.8. The van der Waals surface area contributed by atoms with Crippen LogP contribution in [-0.2, 0) is 9.53 Å². The van der Waals surface area contributed by atoms with Gasteiger partial charge in [0, 0.05) is 20.1 Å². The molecule has 0 aliphatic carbocycles. The Balaban J connectivity index is 2.23. The van der Waals surface area contributed by atoms with Gasteiger partial charge in [0.15, 0.2) is 0 Å². The molecule has 0 radical (unpaired) electrons. The van der Waals surface area contributed by atoms with Gasteiger partial charge in [0.25, 0.3) is 0 Å². The molecular formula is C12H24N2O2. The molecule has 1 aliphatic heterocycles. The molecule has 0 bridgehead atoms. The molecule has 94 valence electrons. The van der Waals surface area contributed by atoms with Gasteiger partial charge < -0.3 is 15.0 Å². The number of rotatable bonds is 5. The minimum atomic E-state index is -0.141. The van der Waals surface area contributed by atoms with E-state index in [2.05, 4.69) is 19.2 Å². The van der Waals surface area contributed by atoms with E-state index in [0.29, 0.717) is 19.1 Å². The molecule has 1 aliphatic rings. The third-order valence-electron chi connectivity index (χ3n) is 2.87. The number of hydrogen-bond acceptors (Lipinski definition) is 3. The van der Waals surface area contributed by atoms with Crippen LogP contribution in [0.4, 0.5) is 0 Å². The number of carbonyl (C=O) groups is 1. The minimum absolute atomic E-state index is 0.141. The maximum absolute atomic E-state index is 12.0. The zero-order chi connectivity index (χ0) is 12.0. The van der Waals surface area contributed by atoms with Crippen molar-refractivity contribution in [3.8, 4) is 0 Å². The second-order valence-corrected chi connectivity index (χ2v) is 4.88. The molecule has 1 fully saturated rings. The normalized spacial score (nSPS) is 21.1. The van der Waals surface area contributed by atoms with Gasteiger partial charge >= 0.3 is 0 Å². The molecule has 1 unspecified atom stereocenters. The van der Waals surface area contributed by atoms with Crippen LogP contribution in [0.5, 0.6) is 0 Å². The van der Waals surface area contributed by atoms with Crippen LogP contribution in [0, 0.1) is 5.92 Å². The lowest BCUT2D eigenvalue weighted by atomic mass is 10.1. The summed E-state index contributed by atoms with van der Waals surface area (Å²) in [7, 11) is 1.87. The predicted molar refractivity (Wildman–Crippen MR) is 64.3 cm³/mol. The third-order valence-corrected chi connectivity index (χ3v) is 2.87. The first-order chi connectivity index (χ1) is 7.61. The Morgan fingerprint density at radius 3 is 2.88 bits per heavy atom. The van der Waals surface area contributed by atoms with Crippen LogP contribution >= 0.6 is 0 Å². The summed E-state index contributed by atoms with van der Waals surface area (Å²) in [5.41, 5.74) is 0. The Bertz CT molecular complexity index is 213. The number of nitrogens with one attached hydrogen (secondary N) is 1. The lowest BCUT2D eigenvalue weighted by Gasteiger charge is -2.27. The number of morpholine rings is 1. The van der Waals surface area contributed by atoms with E-state index in [1.54, 1.807) is 0 Å². The topological polar surface area (TPSA) is 41.6 Å². The van der Waals surface area contributed by atoms with Gasteiger partial charge in [-0.2, -0.15) is 0 Å². The first-order valence-electron chi connectivity index (χ1n) is 6.17. The van der Waals surface area contributed by atoms with Crippen LogP contribution in [0.2, 0.25) is 0 Å². The Kier molecular flexibility index (Phi) is 5.77. The van der Waals surface area contributed by atoms with E-state index in [1.807, 2.05) is 11.9 Å². The van der Waals surface area contributed by atoms with E-state index in [4.69, 9.17) is 4.74 Å². The van der Waals surface area contributed by atoms with Gasteiger partial charge in [-0.15, -0.1) is 0 Å². The molecule has 1 saturated heterocycles.